The highest BCUT2D eigenvalue weighted by molar-refractivity contribution is 5.95. The van der Waals surface area contributed by atoms with E-state index < -0.39 is 6.04 Å². The van der Waals surface area contributed by atoms with Crippen LogP contribution in [0.25, 0.3) is 11.1 Å². The van der Waals surface area contributed by atoms with E-state index in [-0.39, 0.29) is 41.9 Å². The molecular formula is C24H29N3O5. The van der Waals surface area contributed by atoms with E-state index in [1.54, 1.807) is 42.9 Å². The number of ether oxygens (including phenoxy) is 1. The molecule has 1 saturated heterocycles. The Bertz CT molecular complexity index is 1110. The van der Waals surface area contributed by atoms with Gasteiger partial charge in [-0.3, -0.25) is 19.3 Å². The van der Waals surface area contributed by atoms with E-state index in [0.29, 0.717) is 29.8 Å². The molecule has 0 aliphatic carbocycles. The number of fused-ring (bicyclic) bond motifs is 3. The van der Waals surface area contributed by atoms with Crippen molar-refractivity contribution in [3.63, 3.8) is 0 Å². The van der Waals surface area contributed by atoms with Crippen molar-refractivity contribution < 1.29 is 19.4 Å². The third-order valence-electron chi connectivity index (χ3n) is 6.83. The molecule has 4 rings (SSSR count). The van der Waals surface area contributed by atoms with E-state index in [9.17, 15) is 19.5 Å². The second-order valence-corrected chi connectivity index (χ2v) is 8.62. The number of carbonyl (C=O) groups excluding carboxylic acids is 2. The molecule has 1 N–H and O–H groups in total. The number of likely N-dealkylation sites (N-methyl/N-ethyl adjacent to an activating group) is 1. The van der Waals surface area contributed by atoms with Gasteiger partial charge in [-0.25, -0.2) is 0 Å². The Balaban J connectivity index is 1.76. The molecule has 1 fully saturated rings. The first-order valence-electron chi connectivity index (χ1n) is 10.8. The molecule has 1 aromatic carbocycles. The van der Waals surface area contributed by atoms with Gasteiger partial charge in [0.15, 0.2) is 0 Å². The zero-order valence-corrected chi connectivity index (χ0v) is 18.8. The number of pyridine rings is 1. The van der Waals surface area contributed by atoms with Crippen LogP contribution in [0.5, 0.6) is 0 Å². The predicted octanol–water partition coefficient (Wildman–Crippen LogP) is 1.37. The molecule has 8 heteroatoms. The second-order valence-electron chi connectivity index (χ2n) is 8.62. The second kappa shape index (κ2) is 8.52. The number of benzene rings is 1. The third-order valence-corrected chi connectivity index (χ3v) is 6.83. The minimum atomic E-state index is -0.526. The predicted molar refractivity (Wildman–Crippen MR) is 119 cm³/mol. The number of hydrogen-bond donors (Lipinski definition) is 1. The molecule has 170 valence electrons. The fraction of sp³-hybridized carbons (Fsp3) is 0.458. The van der Waals surface area contributed by atoms with Crippen molar-refractivity contribution >= 4 is 11.9 Å². The lowest BCUT2D eigenvalue weighted by Gasteiger charge is -2.28. The highest BCUT2D eigenvalue weighted by Gasteiger charge is 2.55. The highest BCUT2D eigenvalue weighted by Crippen LogP contribution is 2.49. The van der Waals surface area contributed by atoms with E-state index in [1.165, 1.54) is 12.0 Å². The van der Waals surface area contributed by atoms with Crippen LogP contribution in [0.15, 0.2) is 41.2 Å². The zero-order valence-electron chi connectivity index (χ0n) is 18.8. The van der Waals surface area contributed by atoms with Gasteiger partial charge in [-0.2, -0.15) is 0 Å². The Morgan fingerprint density at radius 2 is 1.97 bits per heavy atom. The molecule has 2 aromatic rings. The summed E-state index contributed by atoms with van der Waals surface area (Å²) in [5.41, 5.74) is 2.45. The van der Waals surface area contributed by atoms with E-state index in [4.69, 9.17) is 4.74 Å². The Labute approximate surface area is 187 Å². The number of carbonyl (C=O) groups is 2. The summed E-state index contributed by atoms with van der Waals surface area (Å²) in [5, 5.41) is 10.1. The van der Waals surface area contributed by atoms with E-state index in [2.05, 4.69) is 0 Å². The number of methoxy groups -OCH3 is 1. The number of rotatable bonds is 5. The van der Waals surface area contributed by atoms with Gasteiger partial charge in [-0.05, 0) is 36.4 Å². The summed E-state index contributed by atoms with van der Waals surface area (Å²) in [6.45, 7) is 2.84. The van der Waals surface area contributed by atoms with E-state index in [0.717, 1.165) is 5.69 Å². The van der Waals surface area contributed by atoms with Crippen LogP contribution < -0.4 is 5.56 Å². The quantitative estimate of drug-likeness (QED) is 0.708. The van der Waals surface area contributed by atoms with Crippen molar-refractivity contribution in [3.05, 3.63) is 58.0 Å². The molecule has 32 heavy (non-hydrogen) atoms. The molecule has 3 heterocycles. The standard InChI is InChI=1S/C24H29N3O5/c1-5-26-20-17(18(13-28)21(26)24(31)32-4)12-27-19(20)10-9-16(23(27)30)14-7-6-8-15(11-14)22(29)25(2)3/h6-11,17-18,20-21,28H,5,12-13H2,1-4H3/t17-,18-,20+,21-/m1/s1. The summed E-state index contributed by atoms with van der Waals surface area (Å²) in [4.78, 5) is 41.8. The van der Waals surface area contributed by atoms with E-state index in [1.807, 2.05) is 24.0 Å². The zero-order chi connectivity index (χ0) is 23.2. The summed E-state index contributed by atoms with van der Waals surface area (Å²) in [6, 6.07) is 10.1. The van der Waals surface area contributed by atoms with Crippen LogP contribution >= 0.6 is 0 Å². The first-order valence-corrected chi connectivity index (χ1v) is 10.8. The van der Waals surface area contributed by atoms with Crippen LogP contribution in [0.1, 0.15) is 29.0 Å². The lowest BCUT2D eigenvalue weighted by atomic mass is 9.88. The molecule has 2 aliphatic heterocycles. The number of esters is 1. The largest absolute Gasteiger partial charge is 0.468 e. The summed E-state index contributed by atoms with van der Waals surface area (Å²) < 4.78 is 6.76. The summed E-state index contributed by atoms with van der Waals surface area (Å²) >= 11 is 0. The maximum Gasteiger partial charge on any atom is 0.323 e. The van der Waals surface area contributed by atoms with Crippen LogP contribution in [0.2, 0.25) is 0 Å². The van der Waals surface area contributed by atoms with Crippen molar-refractivity contribution in [3.8, 4) is 11.1 Å². The van der Waals surface area contributed by atoms with Crippen LogP contribution in [-0.4, -0.2) is 71.7 Å². The molecule has 0 bridgehead atoms. The van der Waals surface area contributed by atoms with E-state index >= 15 is 0 Å². The lowest BCUT2D eigenvalue weighted by molar-refractivity contribution is -0.148. The van der Waals surface area contributed by atoms with Gasteiger partial charge in [0, 0.05) is 55.9 Å². The average Bonchev–Trinajstić information content (AvgIpc) is 3.32. The number of hydrogen-bond acceptors (Lipinski definition) is 6. The van der Waals surface area contributed by atoms with Gasteiger partial charge in [-0.15, -0.1) is 0 Å². The van der Waals surface area contributed by atoms with Gasteiger partial charge in [0.25, 0.3) is 11.5 Å². The molecule has 0 saturated carbocycles. The average molecular weight is 440 g/mol. The molecular weight excluding hydrogens is 410 g/mol. The number of aromatic nitrogens is 1. The fourth-order valence-corrected chi connectivity index (χ4v) is 5.36. The summed E-state index contributed by atoms with van der Waals surface area (Å²) in [7, 11) is 4.74. The van der Waals surface area contributed by atoms with Crippen molar-refractivity contribution in [2.45, 2.75) is 25.6 Å². The number of aliphatic hydroxyl groups is 1. The number of nitrogens with zero attached hydrogens (tertiary/aromatic N) is 3. The molecule has 0 spiro atoms. The van der Waals surface area contributed by atoms with Crippen LogP contribution in [0, 0.1) is 11.8 Å². The first kappa shape index (κ1) is 22.2. The van der Waals surface area contributed by atoms with Crippen molar-refractivity contribution in [2.75, 3.05) is 34.4 Å². The van der Waals surface area contributed by atoms with Gasteiger partial charge in [0.1, 0.15) is 6.04 Å². The Hall–Kier alpha value is -2.97. The topological polar surface area (TPSA) is 92.1 Å². The van der Waals surface area contributed by atoms with Gasteiger partial charge in [-0.1, -0.05) is 19.1 Å². The number of amides is 1. The van der Waals surface area contributed by atoms with Gasteiger partial charge < -0.3 is 19.3 Å². The monoisotopic (exact) mass is 439 g/mol. The third kappa shape index (κ3) is 3.34. The van der Waals surface area contributed by atoms with Crippen molar-refractivity contribution in [2.24, 2.45) is 11.8 Å². The molecule has 8 nitrogen and oxygen atoms in total. The minimum absolute atomic E-state index is 0.0614. The summed E-state index contributed by atoms with van der Waals surface area (Å²) in [5.74, 6) is -0.848. The molecule has 1 amide bonds. The van der Waals surface area contributed by atoms with Gasteiger partial charge in [0.05, 0.1) is 13.2 Å². The maximum atomic E-state index is 13.5. The molecule has 1 aromatic heterocycles. The Kier molecular flexibility index (Phi) is 5.92. The van der Waals surface area contributed by atoms with Gasteiger partial charge >= 0.3 is 5.97 Å². The van der Waals surface area contributed by atoms with Crippen molar-refractivity contribution in [1.82, 2.24) is 14.4 Å². The van der Waals surface area contributed by atoms with Crippen LogP contribution in [0.4, 0.5) is 0 Å². The minimum Gasteiger partial charge on any atom is -0.468 e. The Morgan fingerprint density at radius 1 is 1.22 bits per heavy atom. The number of aliphatic hydroxyl groups excluding tert-OH is 1. The number of likely N-dealkylation sites (tertiary alicyclic amines) is 1. The molecule has 4 atom stereocenters. The molecule has 0 unspecified atom stereocenters. The smallest absolute Gasteiger partial charge is 0.323 e. The fourth-order valence-electron chi connectivity index (χ4n) is 5.36. The molecule has 0 radical (unpaired) electrons. The van der Waals surface area contributed by atoms with Gasteiger partial charge in [0.2, 0.25) is 0 Å². The van der Waals surface area contributed by atoms with Crippen LogP contribution in [0.3, 0.4) is 0 Å². The molecule has 2 aliphatic rings. The normalized spacial score (nSPS) is 24.2. The van der Waals surface area contributed by atoms with Crippen LogP contribution in [-0.2, 0) is 16.1 Å². The summed E-state index contributed by atoms with van der Waals surface area (Å²) in [6.07, 6.45) is 0. The van der Waals surface area contributed by atoms with Crippen molar-refractivity contribution in [1.29, 1.82) is 0 Å². The SMILES string of the molecule is CCN1[C@@H]2c3ccc(-c4cccc(C(=O)N(C)C)c4)c(=O)n3C[C@@H]2[C@@H](CO)[C@@H]1C(=O)OC. The highest BCUT2D eigenvalue weighted by atomic mass is 16.5. The maximum absolute atomic E-state index is 13.5. The lowest BCUT2D eigenvalue weighted by Crippen LogP contribution is -2.43. The Morgan fingerprint density at radius 3 is 2.59 bits per heavy atom. The first-order chi connectivity index (χ1) is 15.3.